The molecule has 0 spiro atoms. The third-order valence-corrected chi connectivity index (χ3v) is 11.4. The number of nitrogens with one attached hydrogen (secondary N) is 2. The number of nitriles is 2. The lowest BCUT2D eigenvalue weighted by molar-refractivity contribution is 0.528. The molecule has 2 atom stereocenters. The van der Waals surface area contributed by atoms with Crippen LogP contribution in [-0.4, -0.2) is 38.3 Å². The van der Waals surface area contributed by atoms with Gasteiger partial charge in [-0.25, -0.2) is 35.1 Å². The molecule has 2 aliphatic rings. The zero-order valence-corrected chi connectivity index (χ0v) is 29.1. The minimum atomic E-state index is -3.35. The Morgan fingerprint density at radius 1 is 0.700 bits per heavy atom. The summed E-state index contributed by atoms with van der Waals surface area (Å²) in [5.74, 6) is -0.566. The van der Waals surface area contributed by atoms with Crippen LogP contribution in [0.2, 0.25) is 0 Å². The molecule has 0 aliphatic heterocycles. The molecule has 2 aromatic heterocycles. The first-order chi connectivity index (χ1) is 23.9. The molecule has 0 radical (unpaired) electrons. The van der Waals surface area contributed by atoms with Crippen molar-refractivity contribution in [3.8, 4) is 34.4 Å². The Morgan fingerprint density at radius 3 is 1.70 bits per heavy atom. The minimum absolute atomic E-state index is 0.00753. The van der Waals surface area contributed by atoms with E-state index in [9.17, 15) is 25.6 Å². The summed E-state index contributed by atoms with van der Waals surface area (Å²) in [5, 5.41) is 17.7. The lowest BCUT2D eigenvalue weighted by Gasteiger charge is -2.19. The predicted molar refractivity (Wildman–Crippen MR) is 185 cm³/mol. The van der Waals surface area contributed by atoms with E-state index in [1.807, 2.05) is 12.1 Å². The first-order valence-electron chi connectivity index (χ1n) is 16.2. The van der Waals surface area contributed by atoms with E-state index in [0.717, 1.165) is 36.8 Å². The number of hydrogen-bond acceptors (Lipinski definition) is 8. The van der Waals surface area contributed by atoms with Crippen LogP contribution in [0.25, 0.3) is 22.3 Å². The first kappa shape index (κ1) is 36.7. The van der Waals surface area contributed by atoms with Crippen molar-refractivity contribution < 1.29 is 25.6 Å². The van der Waals surface area contributed by atoms with Gasteiger partial charge in [-0.1, -0.05) is 12.1 Å². The summed E-state index contributed by atoms with van der Waals surface area (Å²) in [7, 11) is -6.69. The molecular formula is C36H36F2N6O4S2. The van der Waals surface area contributed by atoms with Crippen LogP contribution < -0.4 is 9.44 Å². The van der Waals surface area contributed by atoms with Crippen LogP contribution in [0.1, 0.15) is 73.9 Å². The van der Waals surface area contributed by atoms with Gasteiger partial charge < -0.3 is 0 Å². The molecule has 14 heteroatoms. The third kappa shape index (κ3) is 9.34. The predicted octanol–water partition coefficient (Wildman–Crippen LogP) is 6.30. The molecule has 2 saturated carbocycles. The molecule has 2 aliphatic carbocycles. The molecule has 10 nitrogen and oxygen atoms in total. The van der Waals surface area contributed by atoms with Crippen LogP contribution in [0.4, 0.5) is 8.78 Å². The smallest absolute Gasteiger partial charge is 0.211 e. The Morgan fingerprint density at radius 2 is 1.24 bits per heavy atom. The van der Waals surface area contributed by atoms with Crippen molar-refractivity contribution in [1.29, 1.82) is 10.5 Å². The highest BCUT2D eigenvalue weighted by Crippen LogP contribution is 2.43. The molecular weight excluding hydrogens is 683 g/mol. The van der Waals surface area contributed by atoms with Crippen LogP contribution in [0.15, 0.2) is 73.3 Å². The summed E-state index contributed by atoms with van der Waals surface area (Å²) >= 11 is 0. The molecule has 2 N–H and O–H groups in total. The average molecular weight is 719 g/mol. The lowest BCUT2D eigenvalue weighted by atomic mass is 9.99. The summed E-state index contributed by atoms with van der Waals surface area (Å²) < 4.78 is 81.5. The highest BCUT2D eigenvalue weighted by atomic mass is 32.2. The fourth-order valence-electron chi connectivity index (χ4n) is 5.45. The highest BCUT2D eigenvalue weighted by molar-refractivity contribution is 7.89. The Labute approximate surface area is 291 Å². The summed E-state index contributed by atoms with van der Waals surface area (Å²) in [4.78, 5) is 8.36. The van der Waals surface area contributed by atoms with Crippen LogP contribution >= 0.6 is 0 Å². The molecule has 2 fully saturated rings. The van der Waals surface area contributed by atoms with E-state index in [2.05, 4.69) is 19.4 Å². The van der Waals surface area contributed by atoms with Gasteiger partial charge in [-0.15, -0.1) is 0 Å². The van der Waals surface area contributed by atoms with E-state index in [4.69, 9.17) is 10.5 Å². The third-order valence-electron chi connectivity index (χ3n) is 8.63. The quantitative estimate of drug-likeness (QED) is 0.172. The number of hydrogen-bond donors (Lipinski definition) is 2. The van der Waals surface area contributed by atoms with Gasteiger partial charge in [0.05, 0.1) is 40.8 Å². The second kappa shape index (κ2) is 15.5. The Kier molecular flexibility index (Phi) is 11.4. The van der Waals surface area contributed by atoms with E-state index in [1.54, 1.807) is 56.7 Å². The Bertz CT molecular complexity index is 2180. The fraction of sp³-hybridized carbons (Fsp3) is 0.333. The summed E-state index contributed by atoms with van der Waals surface area (Å²) in [6.45, 7) is 3.19. The van der Waals surface area contributed by atoms with E-state index in [1.165, 1.54) is 30.5 Å². The number of pyridine rings is 2. The standard InChI is InChI=1S/2C18H18FN3O2S/c1-2-25(23,24)22-18(13-4-5-13)15-8-14(10-21-11-15)16-6-3-12(9-20)7-17(16)19;1-2-25(23,24)22-18(12-3-4-12)16-7-15(10-21-11-16)13-5-6-14(9-20)17(19)8-13/h3,6-8,10-11,13,18,22H,2,4-5H2,1H3;5-8,10-12,18,22H,2-4H2,1H3. The maximum Gasteiger partial charge on any atom is 0.211 e. The molecule has 0 bridgehead atoms. The normalized spacial score (nSPS) is 15.6. The summed E-state index contributed by atoms with van der Waals surface area (Å²) in [6.07, 6.45) is 10.2. The van der Waals surface area contributed by atoms with Gasteiger partial charge in [0.25, 0.3) is 0 Å². The fourth-order valence-corrected chi connectivity index (χ4v) is 7.21. The molecule has 260 valence electrons. The first-order valence-corrected chi connectivity index (χ1v) is 19.5. The zero-order chi connectivity index (χ0) is 36.1. The molecule has 0 amide bonds. The molecule has 0 saturated heterocycles. The van der Waals surface area contributed by atoms with Gasteiger partial charge in [-0.3, -0.25) is 9.97 Å². The summed E-state index contributed by atoms with van der Waals surface area (Å²) in [6, 6.07) is 15.3. The van der Waals surface area contributed by atoms with Crippen LogP contribution in [0.5, 0.6) is 0 Å². The zero-order valence-electron chi connectivity index (χ0n) is 27.5. The van der Waals surface area contributed by atoms with Gasteiger partial charge in [-0.05, 0) is 104 Å². The second-order valence-electron chi connectivity index (χ2n) is 12.3. The largest absolute Gasteiger partial charge is 0.264 e. The van der Waals surface area contributed by atoms with Crippen LogP contribution in [-0.2, 0) is 20.0 Å². The highest BCUT2D eigenvalue weighted by Gasteiger charge is 2.36. The second-order valence-corrected chi connectivity index (χ2v) is 16.4. The number of aromatic nitrogens is 2. The van der Waals surface area contributed by atoms with E-state index >= 15 is 0 Å². The minimum Gasteiger partial charge on any atom is -0.264 e. The van der Waals surface area contributed by atoms with Crippen molar-refractivity contribution in [2.45, 2.75) is 51.6 Å². The Balaban J connectivity index is 0.000000194. The SMILES string of the molecule is CCS(=O)(=O)NC(c1cncc(-c2ccc(C#N)c(F)c2)c1)C1CC1.CCS(=O)(=O)NC(c1cncc(-c2ccc(C#N)cc2F)c1)C1CC1. The van der Waals surface area contributed by atoms with Crippen molar-refractivity contribution in [3.05, 3.63) is 107 Å². The van der Waals surface area contributed by atoms with E-state index in [0.29, 0.717) is 22.3 Å². The maximum absolute atomic E-state index is 14.3. The van der Waals surface area contributed by atoms with Crippen molar-refractivity contribution in [3.63, 3.8) is 0 Å². The number of halogens is 2. The number of nitrogens with zero attached hydrogens (tertiary/aromatic N) is 4. The number of benzene rings is 2. The van der Waals surface area contributed by atoms with Crippen molar-refractivity contribution in [1.82, 2.24) is 19.4 Å². The summed E-state index contributed by atoms with van der Waals surface area (Å²) in [5.41, 5.74) is 3.89. The Hall–Kier alpha value is -4.60. The topological polar surface area (TPSA) is 166 Å². The molecule has 4 aromatic rings. The average Bonchev–Trinajstić information content (AvgIpc) is 4.05. The monoisotopic (exact) mass is 718 g/mol. The van der Waals surface area contributed by atoms with Gasteiger partial charge in [0, 0.05) is 41.5 Å². The molecule has 2 aromatic carbocycles. The van der Waals surface area contributed by atoms with Gasteiger partial charge in [0.2, 0.25) is 20.0 Å². The molecule has 6 rings (SSSR count). The van der Waals surface area contributed by atoms with E-state index < -0.39 is 31.7 Å². The molecule has 2 unspecified atom stereocenters. The number of sulfonamides is 2. The molecule has 2 heterocycles. The van der Waals surface area contributed by atoms with Crippen molar-refractivity contribution in [2.24, 2.45) is 11.8 Å². The van der Waals surface area contributed by atoms with Gasteiger partial charge in [-0.2, -0.15) is 10.5 Å². The molecule has 50 heavy (non-hydrogen) atoms. The van der Waals surface area contributed by atoms with Gasteiger partial charge in [0.15, 0.2) is 0 Å². The van der Waals surface area contributed by atoms with Gasteiger partial charge in [0.1, 0.15) is 17.7 Å². The lowest BCUT2D eigenvalue weighted by Crippen LogP contribution is -2.31. The maximum atomic E-state index is 14.3. The van der Waals surface area contributed by atoms with E-state index in [-0.39, 0.29) is 46.6 Å². The van der Waals surface area contributed by atoms with Crippen molar-refractivity contribution >= 4 is 20.0 Å². The van der Waals surface area contributed by atoms with Gasteiger partial charge >= 0.3 is 0 Å². The van der Waals surface area contributed by atoms with Crippen LogP contribution in [0, 0.1) is 46.1 Å². The van der Waals surface area contributed by atoms with Crippen molar-refractivity contribution in [2.75, 3.05) is 11.5 Å². The number of rotatable bonds is 12. The van der Waals surface area contributed by atoms with Crippen LogP contribution in [0.3, 0.4) is 0 Å².